The van der Waals surface area contributed by atoms with Crippen LogP contribution in [0.5, 0.6) is 0 Å². The third kappa shape index (κ3) is 5.13. The fraction of sp³-hybridized carbons (Fsp3) is 0.0455. The maximum atomic E-state index is 2.44. The molecule has 0 saturated carbocycles. The summed E-state index contributed by atoms with van der Waals surface area (Å²) in [7, 11) is 0. The van der Waals surface area contributed by atoms with Crippen LogP contribution in [0.4, 0.5) is 11.4 Å². The Morgan fingerprint density at radius 2 is 1.13 bits per heavy atom. The molecule has 0 saturated heterocycles. The number of fused-ring (bicyclic) bond motifs is 2. The van der Waals surface area contributed by atoms with Crippen molar-refractivity contribution >= 4 is 32.9 Å². The predicted molar refractivity (Wildman–Crippen MR) is 192 cm³/mol. The van der Waals surface area contributed by atoms with Crippen molar-refractivity contribution in [1.82, 2.24) is 0 Å². The molecule has 7 aromatic rings. The molecule has 0 N–H and O–H groups in total. The maximum absolute atomic E-state index is 2.44. The van der Waals surface area contributed by atoms with Crippen LogP contribution in [-0.2, 0) is 0 Å². The van der Waals surface area contributed by atoms with E-state index in [2.05, 4.69) is 187 Å². The van der Waals surface area contributed by atoms with E-state index in [9.17, 15) is 0 Å². The highest BCUT2D eigenvalue weighted by atomic mass is 15.1. The molecule has 214 valence electrons. The number of hydrogen-bond acceptors (Lipinski definition) is 1. The van der Waals surface area contributed by atoms with Gasteiger partial charge < -0.3 is 4.90 Å². The van der Waals surface area contributed by atoms with E-state index in [1.165, 1.54) is 60.7 Å². The van der Waals surface area contributed by atoms with Gasteiger partial charge in [0.25, 0.3) is 0 Å². The minimum atomic E-state index is 0.373. The fourth-order valence-corrected chi connectivity index (χ4v) is 6.78. The Kier molecular flexibility index (Phi) is 7.05. The minimum absolute atomic E-state index is 0.373. The second kappa shape index (κ2) is 11.8. The highest BCUT2D eigenvalue weighted by molar-refractivity contribution is 6.02. The third-order valence-corrected chi connectivity index (χ3v) is 9.00. The normalized spacial score (nSPS) is 14.4. The first kappa shape index (κ1) is 26.9. The number of hydrogen-bond donors (Lipinski definition) is 0. The molecular formula is C44H33N. The molecular weight excluding hydrogens is 542 g/mol. The lowest BCUT2D eigenvalue weighted by Gasteiger charge is -2.31. The second-order valence-electron chi connectivity index (χ2n) is 11.7. The molecule has 0 aliphatic heterocycles. The van der Waals surface area contributed by atoms with Crippen LogP contribution in [0.25, 0.3) is 43.8 Å². The van der Waals surface area contributed by atoms with Crippen LogP contribution in [0.15, 0.2) is 188 Å². The summed E-state index contributed by atoms with van der Waals surface area (Å²) in [5.41, 5.74) is 9.77. The molecule has 0 radical (unpaired) electrons. The molecule has 0 heterocycles. The lowest BCUT2D eigenvalue weighted by molar-refractivity contribution is 0.840. The van der Waals surface area contributed by atoms with Crippen LogP contribution < -0.4 is 4.90 Å². The smallest absolute Gasteiger partial charge is 0.0539 e. The van der Waals surface area contributed by atoms with Gasteiger partial charge in [0.1, 0.15) is 0 Å². The van der Waals surface area contributed by atoms with E-state index in [0.29, 0.717) is 5.92 Å². The van der Waals surface area contributed by atoms with Gasteiger partial charge in [0, 0.05) is 22.7 Å². The van der Waals surface area contributed by atoms with Gasteiger partial charge in [-0.2, -0.15) is 0 Å². The largest absolute Gasteiger partial charge is 0.310 e. The Hall–Kier alpha value is -5.66. The predicted octanol–water partition coefficient (Wildman–Crippen LogP) is 12.1. The highest BCUT2D eigenvalue weighted by Gasteiger charge is 2.21. The zero-order valence-corrected chi connectivity index (χ0v) is 25.1. The van der Waals surface area contributed by atoms with Crippen molar-refractivity contribution in [3.8, 4) is 22.3 Å². The van der Waals surface area contributed by atoms with E-state index in [4.69, 9.17) is 0 Å². The van der Waals surface area contributed by atoms with Gasteiger partial charge in [-0.3, -0.25) is 0 Å². The quantitative estimate of drug-likeness (QED) is 0.191. The Labute approximate surface area is 265 Å². The first-order chi connectivity index (χ1) is 22.3. The summed E-state index contributed by atoms with van der Waals surface area (Å²) in [6, 6.07) is 59.2. The Bertz CT molecular complexity index is 2180. The van der Waals surface area contributed by atoms with Gasteiger partial charge in [-0.1, -0.05) is 158 Å². The summed E-state index contributed by atoms with van der Waals surface area (Å²) in [5, 5.41) is 4.98. The summed E-state index contributed by atoms with van der Waals surface area (Å²) in [6.45, 7) is 0. The molecule has 7 aromatic carbocycles. The van der Waals surface area contributed by atoms with Gasteiger partial charge in [-0.15, -0.1) is 0 Å². The zero-order valence-electron chi connectivity index (χ0n) is 25.1. The molecule has 1 aliphatic rings. The number of benzene rings is 7. The fourth-order valence-electron chi connectivity index (χ4n) is 6.78. The topological polar surface area (TPSA) is 3.24 Å². The molecule has 0 aromatic heterocycles. The lowest BCUT2D eigenvalue weighted by Crippen LogP contribution is -2.18. The monoisotopic (exact) mass is 575 g/mol. The van der Waals surface area contributed by atoms with Crippen LogP contribution in [-0.4, -0.2) is 0 Å². The zero-order chi connectivity index (χ0) is 30.0. The molecule has 1 atom stereocenters. The lowest BCUT2D eigenvalue weighted by atomic mass is 9.90. The van der Waals surface area contributed by atoms with Crippen molar-refractivity contribution in [2.75, 3.05) is 4.90 Å². The summed E-state index contributed by atoms with van der Waals surface area (Å²) in [5.74, 6) is 0.373. The van der Waals surface area contributed by atoms with E-state index in [1.54, 1.807) is 0 Å². The van der Waals surface area contributed by atoms with Crippen molar-refractivity contribution in [2.45, 2.75) is 12.3 Å². The number of rotatable bonds is 6. The molecule has 0 spiro atoms. The van der Waals surface area contributed by atoms with Crippen LogP contribution in [0.3, 0.4) is 0 Å². The minimum Gasteiger partial charge on any atom is -0.310 e. The standard InChI is InChI=1S/C44H33N/c1-3-13-32(14-4-1)33-25-27-37(28-26-33)45(44-24-12-20-35-18-8-10-22-40(35)44)38-29-30-42(43(31-38)36-15-5-2-6-16-36)41-23-11-19-34-17-7-9-21-39(34)41/h1-25,27-31,33H,26H2. The Morgan fingerprint density at radius 1 is 0.489 bits per heavy atom. The molecule has 0 bridgehead atoms. The van der Waals surface area contributed by atoms with E-state index in [-0.39, 0.29) is 0 Å². The van der Waals surface area contributed by atoms with Crippen molar-refractivity contribution in [3.63, 3.8) is 0 Å². The van der Waals surface area contributed by atoms with Gasteiger partial charge in [-0.25, -0.2) is 0 Å². The summed E-state index contributed by atoms with van der Waals surface area (Å²) in [6.07, 6.45) is 8.03. The van der Waals surface area contributed by atoms with Crippen LogP contribution in [0, 0.1) is 0 Å². The highest BCUT2D eigenvalue weighted by Crippen LogP contribution is 2.43. The van der Waals surface area contributed by atoms with Crippen molar-refractivity contribution < 1.29 is 0 Å². The van der Waals surface area contributed by atoms with E-state index < -0.39 is 0 Å². The molecule has 8 rings (SSSR count). The molecule has 0 fully saturated rings. The average Bonchev–Trinajstić information content (AvgIpc) is 3.13. The van der Waals surface area contributed by atoms with Crippen molar-refractivity contribution in [2.24, 2.45) is 0 Å². The van der Waals surface area contributed by atoms with Gasteiger partial charge in [-0.05, 0) is 74.7 Å². The second-order valence-corrected chi connectivity index (χ2v) is 11.7. The van der Waals surface area contributed by atoms with Crippen molar-refractivity contribution in [1.29, 1.82) is 0 Å². The molecule has 1 aliphatic carbocycles. The van der Waals surface area contributed by atoms with Gasteiger partial charge in [0.05, 0.1) is 5.69 Å². The maximum Gasteiger partial charge on any atom is 0.0539 e. The van der Waals surface area contributed by atoms with Crippen LogP contribution >= 0.6 is 0 Å². The molecule has 1 heteroatoms. The van der Waals surface area contributed by atoms with Gasteiger partial charge >= 0.3 is 0 Å². The van der Waals surface area contributed by atoms with E-state index in [0.717, 1.165) is 12.1 Å². The number of nitrogens with zero attached hydrogens (tertiary/aromatic N) is 1. The van der Waals surface area contributed by atoms with E-state index in [1.807, 2.05) is 0 Å². The van der Waals surface area contributed by atoms with Crippen LogP contribution in [0.1, 0.15) is 17.9 Å². The molecule has 0 amide bonds. The van der Waals surface area contributed by atoms with Gasteiger partial charge in [0.2, 0.25) is 0 Å². The summed E-state index contributed by atoms with van der Waals surface area (Å²) in [4.78, 5) is 2.44. The average molecular weight is 576 g/mol. The van der Waals surface area contributed by atoms with Crippen LogP contribution in [0.2, 0.25) is 0 Å². The Balaban J connectivity index is 1.32. The van der Waals surface area contributed by atoms with Crippen molar-refractivity contribution in [3.05, 3.63) is 193 Å². The molecule has 1 unspecified atom stereocenters. The third-order valence-electron chi connectivity index (χ3n) is 9.00. The SMILES string of the molecule is C1=CC(c2ccccc2)CC=C1N(c1ccc(-c2cccc3ccccc23)c(-c2ccccc2)c1)c1cccc2ccccc12. The van der Waals surface area contributed by atoms with Gasteiger partial charge in [0.15, 0.2) is 0 Å². The molecule has 45 heavy (non-hydrogen) atoms. The first-order valence-electron chi connectivity index (χ1n) is 15.7. The van der Waals surface area contributed by atoms with E-state index >= 15 is 0 Å². The number of anilines is 2. The summed E-state index contributed by atoms with van der Waals surface area (Å²) < 4.78 is 0. The first-order valence-corrected chi connectivity index (χ1v) is 15.7. The Morgan fingerprint density at radius 3 is 1.89 bits per heavy atom. The number of allylic oxidation sites excluding steroid dienone is 3. The molecule has 1 nitrogen and oxygen atoms in total. The summed E-state index contributed by atoms with van der Waals surface area (Å²) >= 11 is 0.